The summed E-state index contributed by atoms with van der Waals surface area (Å²) in [6, 6.07) is 30.5. The first kappa shape index (κ1) is 33.9. The molecule has 2 fully saturated rings. The maximum absolute atomic E-state index is 13.4. The number of carbonyl (C=O) groups excluding carboxylic acids is 2. The molecule has 0 aromatic heterocycles. The molecule has 6 nitrogen and oxygen atoms in total. The predicted molar refractivity (Wildman–Crippen MR) is 194 cm³/mol. The first-order chi connectivity index (χ1) is 23.5. The summed E-state index contributed by atoms with van der Waals surface area (Å²) in [5.74, 6) is -0.0616. The van der Waals surface area contributed by atoms with Gasteiger partial charge in [-0.05, 0) is 92.7 Å². The highest BCUT2D eigenvalue weighted by Crippen LogP contribution is 2.47. The molecule has 2 saturated heterocycles. The van der Waals surface area contributed by atoms with Crippen molar-refractivity contribution in [3.63, 3.8) is 0 Å². The van der Waals surface area contributed by atoms with Gasteiger partial charge >= 0.3 is 0 Å². The number of nitrogens with two attached hydrogens (primary N) is 2. The number of likely N-dealkylation sites (tertiary alicyclic amines) is 2. The van der Waals surface area contributed by atoms with Crippen LogP contribution in [-0.4, -0.2) is 60.9 Å². The SMILES string of the molecule is NC(=O)C(c1ccccc1)(c1ccccc1)C1CCN(CCCCCCN2CCC(C(C(N)=O)(c3ccccc3)C3C=CC=CC3)C2)C1. The van der Waals surface area contributed by atoms with E-state index in [1.165, 1.54) is 12.8 Å². The number of amides is 2. The fraction of sp³-hybridized carbons (Fsp3) is 0.429. The van der Waals surface area contributed by atoms with Crippen LogP contribution in [0.1, 0.15) is 61.6 Å². The van der Waals surface area contributed by atoms with Crippen LogP contribution in [0.4, 0.5) is 0 Å². The van der Waals surface area contributed by atoms with Crippen LogP contribution in [0, 0.1) is 17.8 Å². The van der Waals surface area contributed by atoms with Crippen molar-refractivity contribution < 1.29 is 9.59 Å². The first-order valence-electron chi connectivity index (χ1n) is 18.0. The molecule has 4 unspecified atom stereocenters. The van der Waals surface area contributed by atoms with Crippen LogP contribution in [0.3, 0.4) is 0 Å². The molecule has 252 valence electrons. The minimum atomic E-state index is -0.832. The number of hydrogen-bond donors (Lipinski definition) is 2. The summed E-state index contributed by atoms with van der Waals surface area (Å²) < 4.78 is 0. The Morgan fingerprint density at radius 2 is 1.12 bits per heavy atom. The van der Waals surface area contributed by atoms with E-state index in [0.717, 1.165) is 88.1 Å². The summed E-state index contributed by atoms with van der Waals surface area (Å²) in [6.07, 6.45) is 16.0. The highest BCUT2D eigenvalue weighted by atomic mass is 16.2. The Hall–Kier alpha value is -4.00. The number of primary amides is 2. The van der Waals surface area contributed by atoms with Crippen LogP contribution in [0.2, 0.25) is 0 Å². The Morgan fingerprint density at radius 1 is 0.625 bits per heavy atom. The van der Waals surface area contributed by atoms with Crippen molar-refractivity contribution in [1.29, 1.82) is 0 Å². The lowest BCUT2D eigenvalue weighted by molar-refractivity contribution is -0.127. The molecule has 48 heavy (non-hydrogen) atoms. The molecule has 6 heteroatoms. The molecule has 3 aromatic carbocycles. The summed E-state index contributed by atoms with van der Waals surface area (Å²) in [7, 11) is 0. The van der Waals surface area contributed by atoms with E-state index in [9.17, 15) is 9.59 Å². The lowest BCUT2D eigenvalue weighted by Gasteiger charge is -2.42. The second-order valence-electron chi connectivity index (χ2n) is 14.1. The monoisotopic (exact) mass is 644 g/mol. The van der Waals surface area contributed by atoms with E-state index in [-0.39, 0.29) is 29.6 Å². The van der Waals surface area contributed by atoms with Crippen LogP contribution in [0.5, 0.6) is 0 Å². The van der Waals surface area contributed by atoms with E-state index in [4.69, 9.17) is 11.5 Å². The largest absolute Gasteiger partial charge is 0.369 e. The molecule has 1 aliphatic carbocycles. The fourth-order valence-electron chi connectivity index (χ4n) is 9.26. The summed E-state index contributed by atoms with van der Waals surface area (Å²) in [5.41, 5.74) is 14.1. The van der Waals surface area contributed by atoms with E-state index in [1.807, 2.05) is 54.6 Å². The van der Waals surface area contributed by atoms with Crippen molar-refractivity contribution in [2.45, 2.75) is 55.8 Å². The normalized spacial score (nSPS) is 22.9. The Balaban J connectivity index is 1.00. The second-order valence-corrected chi connectivity index (χ2v) is 14.1. The highest BCUT2D eigenvalue weighted by Gasteiger charge is 2.52. The van der Waals surface area contributed by atoms with Gasteiger partial charge in [-0.25, -0.2) is 0 Å². The summed E-state index contributed by atoms with van der Waals surface area (Å²) in [4.78, 5) is 31.9. The van der Waals surface area contributed by atoms with Crippen LogP contribution in [0.25, 0.3) is 0 Å². The lowest BCUT2D eigenvalue weighted by atomic mass is 9.60. The predicted octanol–water partition coefficient (Wildman–Crippen LogP) is 6.22. The fourth-order valence-corrected chi connectivity index (χ4v) is 9.26. The Kier molecular flexibility index (Phi) is 10.9. The standard InChI is InChI=1S/C42H52N4O2/c43-39(47)41(33-17-7-3-8-18-33,34-19-9-4-10-20-34)37-25-29-45(31-37)27-15-1-2-16-28-46-30-26-38(32-46)42(40(44)48,35-21-11-5-12-22-35)36-23-13-6-14-24-36/h3-14,17-23,36-38H,1-2,15-16,24-32H2,(H2,43,47)(H2,44,48). The average Bonchev–Trinajstić information content (AvgIpc) is 3.79. The van der Waals surface area contributed by atoms with Crippen LogP contribution >= 0.6 is 0 Å². The van der Waals surface area contributed by atoms with Crippen molar-refractivity contribution in [1.82, 2.24) is 9.80 Å². The number of hydrogen-bond acceptors (Lipinski definition) is 4. The summed E-state index contributed by atoms with van der Waals surface area (Å²) >= 11 is 0. The molecule has 2 amide bonds. The molecule has 2 heterocycles. The Bertz CT molecular complexity index is 1520. The van der Waals surface area contributed by atoms with Crippen LogP contribution in [0.15, 0.2) is 115 Å². The first-order valence-corrected chi connectivity index (χ1v) is 18.0. The van der Waals surface area contributed by atoms with Crippen LogP contribution in [-0.2, 0) is 20.4 Å². The third kappa shape index (κ3) is 6.65. The molecule has 0 bridgehead atoms. The topological polar surface area (TPSA) is 92.7 Å². The molecule has 0 saturated carbocycles. The summed E-state index contributed by atoms with van der Waals surface area (Å²) in [5, 5.41) is 0. The van der Waals surface area contributed by atoms with Gasteiger partial charge in [-0.2, -0.15) is 0 Å². The lowest BCUT2D eigenvalue weighted by Crippen LogP contribution is -2.53. The van der Waals surface area contributed by atoms with Crippen LogP contribution < -0.4 is 11.5 Å². The molecule has 3 aromatic rings. The summed E-state index contributed by atoms with van der Waals surface area (Å²) in [6.45, 7) is 5.88. The van der Waals surface area contributed by atoms with Gasteiger partial charge in [0.1, 0.15) is 5.41 Å². The van der Waals surface area contributed by atoms with E-state index in [0.29, 0.717) is 0 Å². The number of nitrogens with zero attached hydrogens (tertiary/aromatic N) is 2. The van der Waals surface area contributed by atoms with Gasteiger partial charge in [-0.15, -0.1) is 0 Å². The quantitative estimate of drug-likeness (QED) is 0.192. The molecular formula is C42H52N4O2. The zero-order valence-corrected chi connectivity index (χ0v) is 28.3. The molecule has 3 aliphatic rings. The molecule has 0 radical (unpaired) electrons. The Labute approximate surface area is 286 Å². The number of carbonyl (C=O) groups is 2. The van der Waals surface area contributed by atoms with Gasteiger partial charge in [0.15, 0.2) is 0 Å². The molecule has 4 N–H and O–H groups in total. The number of unbranched alkanes of at least 4 members (excludes halogenated alkanes) is 3. The maximum atomic E-state index is 13.4. The highest BCUT2D eigenvalue weighted by molar-refractivity contribution is 5.91. The zero-order valence-electron chi connectivity index (χ0n) is 28.3. The molecule has 6 rings (SSSR count). The average molecular weight is 645 g/mol. The minimum absolute atomic E-state index is 0.0750. The zero-order chi connectivity index (χ0) is 33.4. The smallest absolute Gasteiger partial charge is 0.232 e. The number of allylic oxidation sites excluding steroid dienone is 4. The molecule has 4 atom stereocenters. The molecule has 2 aliphatic heterocycles. The van der Waals surface area contributed by atoms with Crippen molar-refractivity contribution in [2.75, 3.05) is 39.3 Å². The van der Waals surface area contributed by atoms with Gasteiger partial charge in [-0.3, -0.25) is 9.59 Å². The van der Waals surface area contributed by atoms with Gasteiger partial charge in [0.2, 0.25) is 11.8 Å². The number of benzene rings is 3. The molecule has 0 spiro atoms. The van der Waals surface area contributed by atoms with Crippen molar-refractivity contribution in [3.05, 3.63) is 132 Å². The van der Waals surface area contributed by atoms with Gasteiger partial charge in [-0.1, -0.05) is 128 Å². The Morgan fingerprint density at radius 3 is 1.60 bits per heavy atom. The van der Waals surface area contributed by atoms with E-state index < -0.39 is 10.8 Å². The third-order valence-corrected chi connectivity index (χ3v) is 11.6. The van der Waals surface area contributed by atoms with E-state index >= 15 is 0 Å². The van der Waals surface area contributed by atoms with Gasteiger partial charge in [0, 0.05) is 13.1 Å². The van der Waals surface area contributed by atoms with Crippen molar-refractivity contribution in [2.24, 2.45) is 29.2 Å². The van der Waals surface area contributed by atoms with Gasteiger partial charge in [0.25, 0.3) is 0 Å². The van der Waals surface area contributed by atoms with Crippen molar-refractivity contribution >= 4 is 11.8 Å². The van der Waals surface area contributed by atoms with Gasteiger partial charge in [0.05, 0.1) is 5.41 Å². The van der Waals surface area contributed by atoms with E-state index in [1.54, 1.807) is 0 Å². The van der Waals surface area contributed by atoms with E-state index in [2.05, 4.69) is 70.5 Å². The number of rotatable bonds is 15. The maximum Gasteiger partial charge on any atom is 0.232 e. The van der Waals surface area contributed by atoms with Gasteiger partial charge < -0.3 is 21.3 Å². The second kappa shape index (κ2) is 15.5. The minimum Gasteiger partial charge on any atom is -0.369 e. The third-order valence-electron chi connectivity index (χ3n) is 11.6. The molecular weight excluding hydrogens is 592 g/mol. The van der Waals surface area contributed by atoms with Crippen molar-refractivity contribution in [3.8, 4) is 0 Å².